The van der Waals surface area contributed by atoms with E-state index in [-0.39, 0.29) is 30.6 Å². The highest BCUT2D eigenvalue weighted by atomic mass is 32.1. The second-order valence-corrected chi connectivity index (χ2v) is 9.18. The topological polar surface area (TPSA) is 80.3 Å². The van der Waals surface area contributed by atoms with Gasteiger partial charge in [-0.05, 0) is 72.4 Å². The molecule has 0 saturated carbocycles. The molecule has 0 spiro atoms. The van der Waals surface area contributed by atoms with Crippen molar-refractivity contribution in [3.8, 4) is 17.2 Å². The first-order valence-corrected chi connectivity index (χ1v) is 12.2. The van der Waals surface area contributed by atoms with Crippen molar-refractivity contribution < 1.29 is 37.0 Å². The van der Waals surface area contributed by atoms with Gasteiger partial charge in [0.05, 0.1) is 24.8 Å². The number of fused-ring (bicyclic) bond motifs is 1. The van der Waals surface area contributed by atoms with E-state index in [4.69, 9.17) is 26.4 Å². The lowest BCUT2D eigenvalue weighted by Crippen LogP contribution is -2.37. The smallest absolute Gasteiger partial charge is 0.416 e. The third kappa shape index (κ3) is 5.46. The minimum atomic E-state index is -4.61. The van der Waals surface area contributed by atoms with E-state index in [0.29, 0.717) is 28.5 Å². The van der Waals surface area contributed by atoms with Gasteiger partial charge in [-0.25, -0.2) is 0 Å². The third-order valence-corrected chi connectivity index (χ3v) is 6.71. The van der Waals surface area contributed by atoms with Crippen LogP contribution in [0.1, 0.15) is 17.5 Å². The van der Waals surface area contributed by atoms with E-state index < -0.39 is 29.6 Å². The van der Waals surface area contributed by atoms with Crippen LogP contribution in [0.4, 0.5) is 24.5 Å². The summed E-state index contributed by atoms with van der Waals surface area (Å²) in [7, 11) is 1.52. The monoisotopic (exact) mass is 557 g/mol. The lowest BCUT2D eigenvalue weighted by Gasteiger charge is -2.24. The Labute approximate surface area is 226 Å². The Balaban J connectivity index is 1.43. The molecule has 202 valence electrons. The molecule has 8 nitrogen and oxygen atoms in total. The molecule has 2 heterocycles. The Hall–Kier alpha value is -4.32. The number of benzene rings is 3. The summed E-state index contributed by atoms with van der Waals surface area (Å²) in [6, 6.07) is 15.2. The fourth-order valence-corrected chi connectivity index (χ4v) is 4.76. The number of carbonyl (C=O) groups excluding carboxylic acids is 2. The Morgan fingerprint density at radius 3 is 2.54 bits per heavy atom. The van der Waals surface area contributed by atoms with Crippen LogP contribution in [0.3, 0.4) is 0 Å². The van der Waals surface area contributed by atoms with Crippen molar-refractivity contribution in [2.75, 3.05) is 24.1 Å². The number of hydrogen-bond donors (Lipinski definition) is 1. The van der Waals surface area contributed by atoms with Crippen LogP contribution < -0.4 is 24.4 Å². The Morgan fingerprint density at radius 1 is 1.08 bits per heavy atom. The zero-order valence-corrected chi connectivity index (χ0v) is 21.3. The summed E-state index contributed by atoms with van der Waals surface area (Å²) in [4.78, 5) is 29.2. The Bertz CT molecular complexity index is 1430. The van der Waals surface area contributed by atoms with Crippen molar-refractivity contribution >= 4 is 40.5 Å². The van der Waals surface area contributed by atoms with Crippen molar-refractivity contribution in [2.45, 2.75) is 25.2 Å². The number of ether oxygens (including phenoxy) is 3. The van der Waals surface area contributed by atoms with Crippen LogP contribution in [0.5, 0.6) is 17.2 Å². The van der Waals surface area contributed by atoms with Gasteiger partial charge >= 0.3 is 6.18 Å². The molecule has 2 amide bonds. The number of nitrogens with one attached hydrogen (secondary N) is 1. The quantitative estimate of drug-likeness (QED) is 0.411. The molecule has 3 aromatic carbocycles. The Kier molecular flexibility index (Phi) is 7.04. The van der Waals surface area contributed by atoms with E-state index in [2.05, 4.69) is 5.32 Å². The van der Waals surface area contributed by atoms with Gasteiger partial charge in [-0.2, -0.15) is 13.2 Å². The molecule has 1 unspecified atom stereocenters. The number of hydrogen-bond acceptors (Lipinski definition) is 6. The van der Waals surface area contributed by atoms with E-state index in [0.717, 1.165) is 17.0 Å². The van der Waals surface area contributed by atoms with Crippen LogP contribution in [0.25, 0.3) is 0 Å². The van der Waals surface area contributed by atoms with Crippen molar-refractivity contribution in [3.63, 3.8) is 0 Å². The number of nitrogens with zero attached hydrogens (tertiary/aromatic N) is 2. The lowest BCUT2D eigenvalue weighted by atomic mass is 10.1. The summed E-state index contributed by atoms with van der Waals surface area (Å²) in [5.74, 6) is 0.621. The fourth-order valence-electron chi connectivity index (χ4n) is 4.37. The SMILES string of the molecule is COc1ccc(NC(=O)CC2C(=O)N(c3cccc(C(F)(F)F)c3)C(=S)N2Cc2ccc3c(c2)OCO3)cc1. The van der Waals surface area contributed by atoms with Gasteiger partial charge in [0, 0.05) is 12.2 Å². The van der Waals surface area contributed by atoms with E-state index in [1.165, 1.54) is 24.1 Å². The second kappa shape index (κ2) is 10.4. The maximum atomic E-state index is 13.6. The molecule has 0 aromatic heterocycles. The first kappa shape index (κ1) is 26.3. The number of carbonyl (C=O) groups is 2. The molecule has 2 aliphatic heterocycles. The maximum absolute atomic E-state index is 13.6. The predicted octanol–water partition coefficient (Wildman–Crippen LogP) is 4.97. The van der Waals surface area contributed by atoms with Gasteiger partial charge in [-0.1, -0.05) is 12.1 Å². The van der Waals surface area contributed by atoms with Gasteiger partial charge in [0.1, 0.15) is 11.8 Å². The summed E-state index contributed by atoms with van der Waals surface area (Å²) in [6.07, 6.45) is -4.89. The fraction of sp³-hybridized carbons (Fsp3) is 0.222. The highest BCUT2D eigenvalue weighted by molar-refractivity contribution is 7.80. The highest BCUT2D eigenvalue weighted by Crippen LogP contribution is 2.36. The minimum absolute atomic E-state index is 0.0146. The molecule has 0 aliphatic carbocycles. The molecule has 1 N–H and O–H groups in total. The van der Waals surface area contributed by atoms with Crippen molar-refractivity contribution in [2.24, 2.45) is 0 Å². The summed E-state index contributed by atoms with van der Waals surface area (Å²) >= 11 is 5.59. The van der Waals surface area contributed by atoms with Gasteiger partial charge in [0.2, 0.25) is 12.7 Å². The van der Waals surface area contributed by atoms with Gasteiger partial charge in [-0.15, -0.1) is 0 Å². The number of rotatable bonds is 7. The van der Waals surface area contributed by atoms with Crippen molar-refractivity contribution in [3.05, 3.63) is 77.9 Å². The van der Waals surface area contributed by atoms with Crippen LogP contribution in [-0.4, -0.2) is 41.8 Å². The Morgan fingerprint density at radius 2 is 1.82 bits per heavy atom. The molecular formula is C27H22F3N3O5S. The van der Waals surface area contributed by atoms with Crippen LogP contribution in [0.15, 0.2) is 66.7 Å². The minimum Gasteiger partial charge on any atom is -0.497 e. The van der Waals surface area contributed by atoms with Gasteiger partial charge in [0.25, 0.3) is 5.91 Å². The van der Waals surface area contributed by atoms with Crippen LogP contribution >= 0.6 is 12.2 Å². The molecule has 0 bridgehead atoms. The summed E-state index contributed by atoms with van der Waals surface area (Å²) in [5.41, 5.74) is 0.249. The molecular weight excluding hydrogens is 535 g/mol. The van der Waals surface area contributed by atoms with Gasteiger partial charge < -0.3 is 24.4 Å². The number of anilines is 2. The highest BCUT2D eigenvalue weighted by Gasteiger charge is 2.45. The van der Waals surface area contributed by atoms with Crippen LogP contribution in [0, 0.1) is 0 Å². The number of halogens is 3. The molecule has 39 heavy (non-hydrogen) atoms. The number of methoxy groups -OCH3 is 1. The van der Waals surface area contributed by atoms with Crippen LogP contribution in [0.2, 0.25) is 0 Å². The zero-order chi connectivity index (χ0) is 27.7. The predicted molar refractivity (Wildman–Crippen MR) is 140 cm³/mol. The van der Waals surface area contributed by atoms with Gasteiger partial charge in [-0.3, -0.25) is 14.5 Å². The summed E-state index contributed by atoms with van der Waals surface area (Å²) in [5, 5.41) is 2.72. The standard InChI is InChI=1S/C27H22F3N3O5S/c1-36-20-8-6-18(7-9-20)31-24(34)13-21-25(35)33(19-4-2-3-17(12-19)27(28,29)30)26(39)32(21)14-16-5-10-22-23(11-16)38-15-37-22/h2-12,21H,13-15H2,1H3,(H,31,34). The molecule has 1 atom stereocenters. The molecule has 1 fully saturated rings. The van der Waals surface area contributed by atoms with Crippen molar-refractivity contribution in [1.82, 2.24) is 4.90 Å². The van der Waals surface area contributed by atoms with E-state index in [1.807, 2.05) is 0 Å². The first-order valence-electron chi connectivity index (χ1n) is 11.8. The third-order valence-electron chi connectivity index (χ3n) is 6.29. The number of amides is 2. The second-order valence-electron chi connectivity index (χ2n) is 8.82. The molecule has 3 aromatic rings. The first-order chi connectivity index (χ1) is 18.6. The van der Waals surface area contributed by atoms with Crippen molar-refractivity contribution in [1.29, 1.82) is 0 Å². The molecule has 2 aliphatic rings. The summed E-state index contributed by atoms with van der Waals surface area (Å²) < 4.78 is 56.1. The maximum Gasteiger partial charge on any atom is 0.416 e. The van der Waals surface area contributed by atoms with Crippen LogP contribution in [-0.2, 0) is 22.3 Å². The van der Waals surface area contributed by atoms with E-state index in [1.54, 1.807) is 42.5 Å². The van der Waals surface area contributed by atoms with E-state index in [9.17, 15) is 22.8 Å². The van der Waals surface area contributed by atoms with Gasteiger partial charge in [0.15, 0.2) is 16.6 Å². The summed E-state index contributed by atoms with van der Waals surface area (Å²) in [6.45, 7) is 0.189. The molecule has 1 saturated heterocycles. The average Bonchev–Trinajstić information content (AvgIpc) is 3.46. The molecule has 12 heteroatoms. The number of alkyl halides is 3. The average molecular weight is 558 g/mol. The molecule has 0 radical (unpaired) electrons. The largest absolute Gasteiger partial charge is 0.497 e. The lowest BCUT2D eigenvalue weighted by molar-refractivity contribution is -0.137. The number of thiocarbonyl (C=S) groups is 1. The zero-order valence-electron chi connectivity index (χ0n) is 20.5. The molecule has 5 rings (SSSR count). The normalized spacial score (nSPS) is 16.6. The van der Waals surface area contributed by atoms with E-state index >= 15 is 0 Å².